The lowest BCUT2D eigenvalue weighted by molar-refractivity contribution is -0.134. The molecule has 1 heterocycles. The van der Waals surface area contributed by atoms with Crippen molar-refractivity contribution in [2.45, 2.75) is 51.1 Å². The Bertz CT molecular complexity index is 677. The van der Waals surface area contributed by atoms with E-state index in [0.717, 1.165) is 50.8 Å². The first kappa shape index (κ1) is 19.2. The van der Waals surface area contributed by atoms with Gasteiger partial charge in [-0.1, -0.05) is 25.0 Å². The summed E-state index contributed by atoms with van der Waals surface area (Å²) in [7, 11) is 0. The van der Waals surface area contributed by atoms with E-state index in [-0.39, 0.29) is 29.6 Å². The fourth-order valence-electron chi connectivity index (χ4n) is 4.37. The molecule has 26 heavy (non-hydrogen) atoms. The largest absolute Gasteiger partial charge is 0.351 e. The number of rotatable bonds is 5. The van der Waals surface area contributed by atoms with E-state index in [1.165, 1.54) is 6.42 Å². The van der Waals surface area contributed by atoms with Crippen LogP contribution in [0, 0.1) is 11.3 Å². The van der Waals surface area contributed by atoms with Crippen molar-refractivity contribution >= 4 is 24.2 Å². The summed E-state index contributed by atoms with van der Waals surface area (Å²) < 4.78 is 0. The molecule has 5 nitrogen and oxygen atoms in total. The number of carbonyl (C=O) groups excluding carboxylic acids is 2. The van der Waals surface area contributed by atoms with Crippen LogP contribution in [0.5, 0.6) is 0 Å². The highest BCUT2D eigenvalue weighted by atomic mass is 35.5. The van der Waals surface area contributed by atoms with E-state index in [0.29, 0.717) is 24.1 Å². The molecule has 1 aliphatic heterocycles. The standard InChI is InChI=1S/C20H27N3O2.ClH/c24-18(23-17-7-8-17)15-5-3-4-14(10-15)11-22-19(25)20-9-2-1-6-16(20)12-21-13-20;/h3-5,10,16-17,21H,1-2,6-9,11-13H2,(H,22,25)(H,23,24);1H/t16-,20+;/m0./s1. The van der Waals surface area contributed by atoms with Crippen molar-refractivity contribution in [1.82, 2.24) is 16.0 Å². The van der Waals surface area contributed by atoms with Crippen LogP contribution in [0.4, 0.5) is 0 Å². The zero-order valence-electron chi connectivity index (χ0n) is 15.1. The smallest absolute Gasteiger partial charge is 0.251 e. The first-order valence-corrected chi connectivity index (χ1v) is 9.56. The van der Waals surface area contributed by atoms with Gasteiger partial charge in [0.1, 0.15) is 0 Å². The van der Waals surface area contributed by atoms with Gasteiger partial charge in [0.05, 0.1) is 5.41 Å². The fraction of sp³-hybridized carbons (Fsp3) is 0.600. The first-order valence-electron chi connectivity index (χ1n) is 9.56. The van der Waals surface area contributed by atoms with Crippen LogP contribution in [-0.2, 0) is 11.3 Å². The normalized spacial score (nSPS) is 27.2. The molecule has 2 saturated carbocycles. The van der Waals surface area contributed by atoms with Crippen LogP contribution in [-0.4, -0.2) is 30.9 Å². The van der Waals surface area contributed by atoms with Crippen molar-refractivity contribution in [3.63, 3.8) is 0 Å². The third kappa shape index (κ3) is 3.89. The van der Waals surface area contributed by atoms with Gasteiger partial charge in [0.25, 0.3) is 5.91 Å². The molecule has 1 saturated heterocycles. The lowest BCUT2D eigenvalue weighted by Gasteiger charge is -2.37. The fourth-order valence-corrected chi connectivity index (χ4v) is 4.37. The van der Waals surface area contributed by atoms with E-state index < -0.39 is 0 Å². The summed E-state index contributed by atoms with van der Waals surface area (Å²) >= 11 is 0. The Kier molecular flexibility index (Phi) is 5.88. The minimum atomic E-state index is -0.223. The van der Waals surface area contributed by atoms with E-state index in [1.807, 2.05) is 24.3 Å². The Hall–Kier alpha value is -1.59. The molecule has 6 heteroatoms. The van der Waals surface area contributed by atoms with Gasteiger partial charge in [-0.3, -0.25) is 9.59 Å². The third-order valence-electron chi connectivity index (χ3n) is 6.05. The summed E-state index contributed by atoms with van der Waals surface area (Å²) in [6, 6.07) is 7.94. The summed E-state index contributed by atoms with van der Waals surface area (Å²) in [4.78, 5) is 25.1. The zero-order valence-corrected chi connectivity index (χ0v) is 15.9. The molecule has 1 aromatic carbocycles. The van der Waals surface area contributed by atoms with Gasteiger partial charge in [-0.2, -0.15) is 0 Å². The monoisotopic (exact) mass is 377 g/mol. The average molecular weight is 378 g/mol. The minimum absolute atomic E-state index is 0. The van der Waals surface area contributed by atoms with Gasteiger partial charge in [-0.15, -0.1) is 12.4 Å². The molecule has 2 atom stereocenters. The number of fused-ring (bicyclic) bond motifs is 1. The van der Waals surface area contributed by atoms with Crippen LogP contribution in [0.25, 0.3) is 0 Å². The lowest BCUT2D eigenvalue weighted by atomic mass is 9.67. The molecule has 142 valence electrons. The Morgan fingerprint density at radius 3 is 2.85 bits per heavy atom. The van der Waals surface area contributed by atoms with Crippen molar-refractivity contribution in [1.29, 1.82) is 0 Å². The van der Waals surface area contributed by atoms with Crippen LogP contribution in [0.3, 0.4) is 0 Å². The van der Waals surface area contributed by atoms with Gasteiger partial charge in [0, 0.05) is 24.7 Å². The molecule has 3 N–H and O–H groups in total. The molecule has 1 aromatic rings. The van der Waals surface area contributed by atoms with Crippen LogP contribution in [0.1, 0.15) is 54.4 Å². The van der Waals surface area contributed by atoms with Gasteiger partial charge in [0.15, 0.2) is 0 Å². The van der Waals surface area contributed by atoms with Gasteiger partial charge >= 0.3 is 0 Å². The number of benzene rings is 1. The number of carbonyl (C=O) groups is 2. The second-order valence-corrected chi connectivity index (χ2v) is 7.86. The number of hydrogen-bond donors (Lipinski definition) is 3. The topological polar surface area (TPSA) is 70.2 Å². The number of amides is 2. The Balaban J connectivity index is 0.00000196. The summed E-state index contributed by atoms with van der Waals surface area (Å²) in [6.07, 6.45) is 6.68. The lowest BCUT2D eigenvalue weighted by Crippen LogP contribution is -2.47. The maximum atomic E-state index is 12.9. The van der Waals surface area contributed by atoms with Crippen molar-refractivity contribution in [2.24, 2.45) is 11.3 Å². The number of hydrogen-bond acceptors (Lipinski definition) is 3. The molecule has 2 amide bonds. The second kappa shape index (κ2) is 7.97. The van der Waals surface area contributed by atoms with Crippen molar-refractivity contribution in [2.75, 3.05) is 13.1 Å². The minimum Gasteiger partial charge on any atom is -0.351 e. The average Bonchev–Trinajstić information content (AvgIpc) is 3.34. The van der Waals surface area contributed by atoms with Crippen LogP contribution in [0.15, 0.2) is 24.3 Å². The molecular formula is C20H28ClN3O2. The number of halogens is 1. The molecular weight excluding hydrogens is 350 g/mol. The molecule has 3 aliphatic rings. The summed E-state index contributed by atoms with van der Waals surface area (Å²) in [5.41, 5.74) is 1.43. The molecule has 0 unspecified atom stereocenters. The Labute approximate surface area is 161 Å². The van der Waals surface area contributed by atoms with E-state index >= 15 is 0 Å². The third-order valence-corrected chi connectivity index (χ3v) is 6.05. The van der Waals surface area contributed by atoms with E-state index in [2.05, 4.69) is 16.0 Å². The van der Waals surface area contributed by atoms with E-state index in [1.54, 1.807) is 0 Å². The SMILES string of the molecule is Cl.O=C(NC1CC1)c1cccc(CNC(=O)[C@@]23CCCC[C@H]2CNC3)c1. The van der Waals surface area contributed by atoms with E-state index in [9.17, 15) is 9.59 Å². The predicted molar refractivity (Wildman–Crippen MR) is 103 cm³/mol. The summed E-state index contributed by atoms with van der Waals surface area (Å²) in [5, 5.41) is 9.57. The molecule has 0 bridgehead atoms. The van der Waals surface area contributed by atoms with Gasteiger partial charge in [-0.05, 0) is 55.8 Å². The van der Waals surface area contributed by atoms with Crippen molar-refractivity contribution < 1.29 is 9.59 Å². The number of nitrogens with one attached hydrogen (secondary N) is 3. The molecule has 4 rings (SSSR count). The van der Waals surface area contributed by atoms with Gasteiger partial charge < -0.3 is 16.0 Å². The highest BCUT2D eigenvalue weighted by Gasteiger charge is 2.49. The quantitative estimate of drug-likeness (QED) is 0.738. The second-order valence-electron chi connectivity index (χ2n) is 7.86. The van der Waals surface area contributed by atoms with Gasteiger partial charge in [-0.25, -0.2) is 0 Å². The Morgan fingerprint density at radius 1 is 1.19 bits per heavy atom. The van der Waals surface area contributed by atoms with Crippen molar-refractivity contribution in [3.05, 3.63) is 35.4 Å². The molecule has 3 fully saturated rings. The van der Waals surface area contributed by atoms with Crippen LogP contribution in [0.2, 0.25) is 0 Å². The van der Waals surface area contributed by atoms with Crippen LogP contribution < -0.4 is 16.0 Å². The molecule has 0 radical (unpaired) electrons. The highest BCUT2D eigenvalue weighted by molar-refractivity contribution is 5.94. The molecule has 0 aromatic heterocycles. The van der Waals surface area contributed by atoms with Crippen molar-refractivity contribution in [3.8, 4) is 0 Å². The summed E-state index contributed by atoms with van der Waals surface area (Å²) in [6.45, 7) is 2.25. The van der Waals surface area contributed by atoms with Crippen LogP contribution >= 0.6 is 12.4 Å². The maximum absolute atomic E-state index is 12.9. The van der Waals surface area contributed by atoms with Gasteiger partial charge in [0.2, 0.25) is 5.91 Å². The predicted octanol–water partition coefficient (Wildman–Crippen LogP) is 2.40. The molecule has 0 spiro atoms. The highest BCUT2D eigenvalue weighted by Crippen LogP contribution is 2.43. The zero-order chi connectivity index (χ0) is 17.3. The maximum Gasteiger partial charge on any atom is 0.251 e. The first-order chi connectivity index (χ1) is 12.2. The summed E-state index contributed by atoms with van der Waals surface area (Å²) in [5.74, 6) is 0.633. The Morgan fingerprint density at radius 2 is 2.04 bits per heavy atom. The van der Waals surface area contributed by atoms with E-state index in [4.69, 9.17) is 0 Å². The molecule has 2 aliphatic carbocycles.